The first kappa shape index (κ1) is 24.2. The van der Waals surface area contributed by atoms with E-state index in [0.29, 0.717) is 34.4 Å². The van der Waals surface area contributed by atoms with Crippen LogP contribution in [0.25, 0.3) is 17.0 Å². The highest BCUT2D eigenvalue weighted by atomic mass is 35.5. The van der Waals surface area contributed by atoms with Crippen molar-refractivity contribution in [1.29, 1.82) is 0 Å². The van der Waals surface area contributed by atoms with Gasteiger partial charge in [0.25, 0.3) is 5.89 Å². The number of benzene rings is 2. The summed E-state index contributed by atoms with van der Waals surface area (Å²) in [7, 11) is 0. The molecule has 0 saturated carbocycles. The lowest BCUT2D eigenvalue weighted by Crippen LogP contribution is -2.46. The van der Waals surface area contributed by atoms with Gasteiger partial charge in [-0.05, 0) is 80.4 Å². The molecule has 0 saturated heterocycles. The van der Waals surface area contributed by atoms with Crippen LogP contribution in [0.5, 0.6) is 5.75 Å². The quantitative estimate of drug-likeness (QED) is 0.357. The van der Waals surface area contributed by atoms with Crippen molar-refractivity contribution in [2.24, 2.45) is 5.92 Å². The molecule has 1 unspecified atom stereocenters. The van der Waals surface area contributed by atoms with Crippen LogP contribution < -0.4 is 10.1 Å². The SMILES string of the molecule is CCOc1ccc(-c2noc(C3=C(C)N(CCC(C)C)C(=S)NC3c3ccc(Cl)cc3)n2)cc1. The Morgan fingerprint density at radius 1 is 1.15 bits per heavy atom. The Bertz CT molecular complexity index is 1170. The average Bonchev–Trinajstić information content (AvgIpc) is 3.29. The maximum absolute atomic E-state index is 6.14. The summed E-state index contributed by atoms with van der Waals surface area (Å²) in [4.78, 5) is 6.89. The van der Waals surface area contributed by atoms with E-state index >= 15 is 0 Å². The van der Waals surface area contributed by atoms with Crippen molar-refractivity contribution in [1.82, 2.24) is 20.4 Å². The fraction of sp³-hybridized carbons (Fsp3) is 0.346. The predicted octanol–water partition coefficient (Wildman–Crippen LogP) is 6.50. The summed E-state index contributed by atoms with van der Waals surface area (Å²) in [6.45, 7) is 9.86. The predicted molar refractivity (Wildman–Crippen MR) is 140 cm³/mol. The Kier molecular flexibility index (Phi) is 7.54. The second-order valence-electron chi connectivity index (χ2n) is 8.65. The maximum Gasteiger partial charge on any atom is 0.258 e. The molecule has 1 aliphatic rings. The molecule has 34 heavy (non-hydrogen) atoms. The second-order valence-corrected chi connectivity index (χ2v) is 9.47. The Morgan fingerprint density at radius 3 is 2.50 bits per heavy atom. The molecule has 0 fully saturated rings. The standard InChI is InChI=1S/C26H29ClN4O2S/c1-5-32-21-12-8-19(9-13-21)24-29-25(33-30-24)22-17(4)31(15-14-16(2)3)26(34)28-23(22)18-6-10-20(27)11-7-18/h6-13,16,23H,5,14-15H2,1-4H3,(H,28,34). The van der Waals surface area contributed by atoms with Crippen molar-refractivity contribution in [3.05, 3.63) is 70.7 Å². The monoisotopic (exact) mass is 496 g/mol. The van der Waals surface area contributed by atoms with Gasteiger partial charge in [-0.25, -0.2) is 0 Å². The summed E-state index contributed by atoms with van der Waals surface area (Å²) in [6.07, 6.45) is 1.01. The molecular weight excluding hydrogens is 468 g/mol. The first-order chi connectivity index (χ1) is 16.4. The fourth-order valence-electron chi connectivity index (χ4n) is 3.94. The van der Waals surface area contributed by atoms with Gasteiger partial charge in [0.15, 0.2) is 5.11 Å². The smallest absolute Gasteiger partial charge is 0.258 e. The van der Waals surface area contributed by atoms with Gasteiger partial charge in [-0.15, -0.1) is 0 Å². The molecule has 0 bridgehead atoms. The molecule has 2 heterocycles. The third-order valence-electron chi connectivity index (χ3n) is 5.81. The van der Waals surface area contributed by atoms with E-state index in [1.54, 1.807) is 0 Å². The molecule has 178 valence electrons. The van der Waals surface area contributed by atoms with E-state index < -0.39 is 0 Å². The molecule has 0 amide bonds. The zero-order valence-corrected chi connectivity index (χ0v) is 21.4. The van der Waals surface area contributed by atoms with Crippen LogP contribution in [0.4, 0.5) is 0 Å². The number of nitrogens with one attached hydrogen (secondary N) is 1. The molecule has 1 aliphatic heterocycles. The molecule has 4 rings (SSSR count). The molecule has 1 atom stereocenters. The zero-order chi connectivity index (χ0) is 24.2. The molecule has 6 nitrogen and oxygen atoms in total. The zero-order valence-electron chi connectivity index (χ0n) is 19.8. The van der Waals surface area contributed by atoms with Crippen LogP contribution in [-0.2, 0) is 0 Å². The van der Waals surface area contributed by atoms with E-state index in [9.17, 15) is 0 Å². The van der Waals surface area contributed by atoms with E-state index in [-0.39, 0.29) is 6.04 Å². The van der Waals surface area contributed by atoms with Crippen molar-refractivity contribution in [2.45, 2.75) is 40.2 Å². The molecule has 0 aliphatic carbocycles. The summed E-state index contributed by atoms with van der Waals surface area (Å²) in [5, 5.41) is 9.13. The number of aromatic nitrogens is 2. The van der Waals surface area contributed by atoms with Gasteiger partial charge in [0.1, 0.15) is 5.75 Å². The van der Waals surface area contributed by atoms with Crippen LogP contribution in [0.3, 0.4) is 0 Å². The lowest BCUT2D eigenvalue weighted by atomic mass is 9.94. The molecule has 1 aromatic heterocycles. The van der Waals surface area contributed by atoms with Crippen LogP contribution >= 0.6 is 23.8 Å². The Balaban J connectivity index is 1.73. The molecule has 8 heteroatoms. The van der Waals surface area contributed by atoms with Crippen molar-refractivity contribution in [3.63, 3.8) is 0 Å². The summed E-state index contributed by atoms with van der Waals surface area (Å²) >= 11 is 11.9. The van der Waals surface area contributed by atoms with E-state index in [1.165, 1.54) is 0 Å². The van der Waals surface area contributed by atoms with E-state index in [2.05, 4.69) is 36.1 Å². The fourth-order valence-corrected chi connectivity index (χ4v) is 4.41. The second kappa shape index (κ2) is 10.6. The molecule has 2 aromatic carbocycles. The highest BCUT2D eigenvalue weighted by molar-refractivity contribution is 7.80. The van der Waals surface area contributed by atoms with Gasteiger partial charge in [0.05, 0.1) is 18.2 Å². The minimum absolute atomic E-state index is 0.228. The van der Waals surface area contributed by atoms with Crippen LogP contribution in [0, 0.1) is 5.92 Å². The number of thiocarbonyl (C=S) groups is 1. The van der Waals surface area contributed by atoms with E-state index in [4.69, 9.17) is 38.1 Å². The summed E-state index contributed by atoms with van der Waals surface area (Å²) in [5.41, 5.74) is 3.79. The van der Waals surface area contributed by atoms with Gasteiger partial charge in [-0.1, -0.05) is 42.7 Å². The summed E-state index contributed by atoms with van der Waals surface area (Å²) in [6, 6.07) is 15.2. The van der Waals surface area contributed by atoms with E-state index in [0.717, 1.165) is 41.1 Å². The minimum Gasteiger partial charge on any atom is -0.494 e. The van der Waals surface area contributed by atoms with Gasteiger partial charge < -0.3 is 19.5 Å². The summed E-state index contributed by atoms with van der Waals surface area (Å²) < 4.78 is 11.3. The molecule has 1 N–H and O–H groups in total. The third-order valence-corrected chi connectivity index (χ3v) is 6.40. The van der Waals surface area contributed by atoms with Gasteiger partial charge in [0, 0.05) is 22.8 Å². The maximum atomic E-state index is 6.14. The van der Waals surface area contributed by atoms with Crippen LogP contribution in [0.2, 0.25) is 5.02 Å². The Morgan fingerprint density at radius 2 is 1.85 bits per heavy atom. The third kappa shape index (κ3) is 5.26. The van der Waals surface area contributed by atoms with Gasteiger partial charge >= 0.3 is 0 Å². The number of rotatable bonds is 8. The molecule has 3 aromatic rings. The number of allylic oxidation sites excluding steroid dienone is 1. The number of hydrogen-bond donors (Lipinski definition) is 1. The molecule has 0 spiro atoms. The first-order valence-corrected chi connectivity index (χ1v) is 12.3. The summed E-state index contributed by atoms with van der Waals surface area (Å²) in [5.74, 6) is 2.35. The number of halogens is 1. The van der Waals surface area contributed by atoms with Gasteiger partial charge in [-0.2, -0.15) is 4.98 Å². The van der Waals surface area contributed by atoms with Crippen molar-refractivity contribution >= 4 is 34.5 Å². The minimum atomic E-state index is -0.228. The van der Waals surface area contributed by atoms with Crippen LogP contribution in [0.1, 0.15) is 51.6 Å². The Hall–Kier alpha value is -2.90. The largest absolute Gasteiger partial charge is 0.494 e. The van der Waals surface area contributed by atoms with Gasteiger partial charge in [0.2, 0.25) is 5.82 Å². The highest BCUT2D eigenvalue weighted by Gasteiger charge is 2.34. The van der Waals surface area contributed by atoms with Crippen molar-refractivity contribution < 1.29 is 9.26 Å². The highest BCUT2D eigenvalue weighted by Crippen LogP contribution is 2.38. The number of nitrogens with zero attached hydrogens (tertiary/aromatic N) is 3. The van der Waals surface area contributed by atoms with Crippen LogP contribution in [-0.4, -0.2) is 33.3 Å². The van der Waals surface area contributed by atoms with Crippen LogP contribution in [0.15, 0.2) is 58.8 Å². The first-order valence-electron chi connectivity index (χ1n) is 11.5. The van der Waals surface area contributed by atoms with Crippen molar-refractivity contribution in [3.8, 4) is 17.1 Å². The Labute approximate surface area is 210 Å². The number of hydrogen-bond acceptors (Lipinski definition) is 5. The number of ether oxygens (including phenoxy) is 1. The van der Waals surface area contributed by atoms with E-state index in [1.807, 2.05) is 55.5 Å². The van der Waals surface area contributed by atoms with Gasteiger partial charge in [-0.3, -0.25) is 0 Å². The lowest BCUT2D eigenvalue weighted by molar-refractivity contribution is 0.340. The molecule has 0 radical (unpaired) electrons. The van der Waals surface area contributed by atoms with Crippen molar-refractivity contribution in [2.75, 3.05) is 13.2 Å². The molecular formula is C26H29ClN4O2S. The normalized spacial score (nSPS) is 16.2. The topological polar surface area (TPSA) is 63.4 Å². The average molecular weight is 497 g/mol. The lowest BCUT2D eigenvalue weighted by Gasteiger charge is -2.37.